The number of oxime groups is 1. The molecule has 2 heterocycles. The lowest BCUT2D eigenvalue weighted by molar-refractivity contribution is 0.0852. The predicted octanol–water partition coefficient (Wildman–Crippen LogP) is 3.63. The Morgan fingerprint density at radius 1 is 1.18 bits per heavy atom. The first-order valence-corrected chi connectivity index (χ1v) is 8.87. The number of pyridine rings is 1. The van der Waals surface area contributed by atoms with Gasteiger partial charge in [-0.15, -0.1) is 0 Å². The maximum atomic E-state index is 13.8. The maximum Gasteiger partial charge on any atom is 0.270 e. The Morgan fingerprint density at radius 3 is 2.89 bits per heavy atom. The van der Waals surface area contributed by atoms with Crippen LogP contribution in [0.1, 0.15) is 22.5 Å². The van der Waals surface area contributed by atoms with Gasteiger partial charge < -0.3 is 10.2 Å². The van der Waals surface area contributed by atoms with Gasteiger partial charge in [-0.1, -0.05) is 35.5 Å². The fourth-order valence-corrected chi connectivity index (χ4v) is 3.20. The van der Waals surface area contributed by atoms with Crippen LogP contribution in [-0.4, -0.2) is 29.3 Å². The van der Waals surface area contributed by atoms with Gasteiger partial charge in [-0.05, 0) is 23.1 Å². The molecular weight excluding hydrogens is 364 g/mol. The molecule has 0 bridgehead atoms. The molecule has 3 aromatic rings. The lowest BCUT2D eigenvalue weighted by Gasteiger charge is -2.09. The van der Waals surface area contributed by atoms with Gasteiger partial charge in [-0.25, -0.2) is 8.78 Å². The fourth-order valence-electron chi connectivity index (χ4n) is 3.20. The average Bonchev–Trinajstić information content (AvgIpc) is 3.15. The first-order valence-electron chi connectivity index (χ1n) is 8.87. The third-order valence-electron chi connectivity index (χ3n) is 4.60. The average molecular weight is 381 g/mol. The van der Waals surface area contributed by atoms with Crippen LogP contribution in [0.2, 0.25) is 0 Å². The second-order valence-corrected chi connectivity index (χ2v) is 6.59. The molecule has 0 radical (unpaired) electrons. The van der Waals surface area contributed by atoms with Crippen LogP contribution in [0.5, 0.6) is 0 Å². The Kier molecular flexibility index (Phi) is 4.97. The molecule has 28 heavy (non-hydrogen) atoms. The van der Waals surface area contributed by atoms with E-state index in [9.17, 15) is 13.6 Å². The summed E-state index contributed by atoms with van der Waals surface area (Å²) in [4.78, 5) is 22.0. The molecule has 0 saturated heterocycles. The second-order valence-electron chi connectivity index (χ2n) is 6.59. The highest BCUT2D eigenvalue weighted by molar-refractivity contribution is 6.06. The summed E-state index contributed by atoms with van der Waals surface area (Å²) in [6, 6.07) is 12.8. The molecule has 5 nitrogen and oxygen atoms in total. The van der Waals surface area contributed by atoms with Gasteiger partial charge in [0.25, 0.3) is 5.91 Å². The van der Waals surface area contributed by atoms with Crippen LogP contribution in [0.15, 0.2) is 59.9 Å². The number of carbonyl (C=O) groups excluding carboxylic acids is 1. The summed E-state index contributed by atoms with van der Waals surface area (Å²) in [5.41, 5.74) is 1.37. The lowest BCUT2D eigenvalue weighted by atomic mass is 10.0. The van der Waals surface area contributed by atoms with Crippen LogP contribution >= 0.6 is 0 Å². The summed E-state index contributed by atoms with van der Waals surface area (Å²) < 4.78 is 26.8. The van der Waals surface area contributed by atoms with Gasteiger partial charge in [0.15, 0.2) is 0 Å². The third-order valence-corrected chi connectivity index (χ3v) is 4.60. The van der Waals surface area contributed by atoms with Gasteiger partial charge in [0.1, 0.15) is 23.4 Å². The molecule has 1 N–H and O–H groups in total. The Labute approximate surface area is 160 Å². The molecule has 142 valence electrons. The van der Waals surface area contributed by atoms with E-state index < -0.39 is 11.6 Å². The van der Waals surface area contributed by atoms with E-state index in [1.165, 1.54) is 12.1 Å². The largest absolute Gasteiger partial charge is 0.392 e. The molecule has 1 aliphatic rings. The quantitative estimate of drug-likeness (QED) is 0.734. The van der Waals surface area contributed by atoms with E-state index in [4.69, 9.17) is 4.84 Å². The summed E-state index contributed by atoms with van der Waals surface area (Å²) in [7, 11) is 0. The molecule has 2 aromatic carbocycles. The van der Waals surface area contributed by atoms with Crippen LogP contribution < -0.4 is 5.32 Å². The molecule has 1 aliphatic heterocycles. The number of nitrogens with one attached hydrogen (secondary N) is 1. The molecule has 1 atom stereocenters. The van der Waals surface area contributed by atoms with Crippen molar-refractivity contribution in [2.45, 2.75) is 18.9 Å². The highest BCUT2D eigenvalue weighted by Crippen LogP contribution is 2.19. The van der Waals surface area contributed by atoms with Crippen molar-refractivity contribution in [3.8, 4) is 0 Å². The standard InChI is InChI=1S/C21H17F2N3O2/c22-15-6-5-14(19(23)10-15)9-17-11-16(26-28-17)12-25-21(27)20-18-4-2-1-3-13(18)7-8-24-20/h1-8,10,17H,9,11-12H2,(H,25,27). The van der Waals surface area contributed by atoms with E-state index in [0.29, 0.717) is 23.4 Å². The Balaban J connectivity index is 1.35. The second kappa shape index (κ2) is 7.72. The lowest BCUT2D eigenvalue weighted by Crippen LogP contribution is -2.30. The van der Waals surface area contributed by atoms with Crippen molar-refractivity contribution in [1.82, 2.24) is 10.3 Å². The summed E-state index contributed by atoms with van der Waals surface area (Å²) >= 11 is 0. The first-order chi connectivity index (χ1) is 13.6. The van der Waals surface area contributed by atoms with Crippen molar-refractivity contribution >= 4 is 22.4 Å². The zero-order valence-corrected chi connectivity index (χ0v) is 14.9. The number of halogens is 2. The minimum atomic E-state index is -0.615. The monoisotopic (exact) mass is 381 g/mol. The van der Waals surface area contributed by atoms with Crippen LogP contribution in [-0.2, 0) is 11.3 Å². The summed E-state index contributed by atoms with van der Waals surface area (Å²) in [6.45, 7) is 0.214. The zero-order chi connectivity index (χ0) is 19.5. The van der Waals surface area contributed by atoms with E-state index >= 15 is 0 Å². The summed E-state index contributed by atoms with van der Waals surface area (Å²) in [6.07, 6.45) is 1.99. The predicted molar refractivity (Wildman–Crippen MR) is 101 cm³/mol. The van der Waals surface area contributed by atoms with Crippen molar-refractivity contribution < 1.29 is 18.4 Å². The molecule has 0 saturated carbocycles. The molecule has 1 amide bonds. The van der Waals surface area contributed by atoms with Gasteiger partial charge in [-0.3, -0.25) is 9.78 Å². The van der Waals surface area contributed by atoms with Crippen molar-refractivity contribution in [3.05, 3.63) is 77.6 Å². The maximum absolute atomic E-state index is 13.8. The fraction of sp³-hybridized carbons (Fsp3) is 0.190. The van der Waals surface area contributed by atoms with Gasteiger partial charge >= 0.3 is 0 Å². The van der Waals surface area contributed by atoms with Crippen molar-refractivity contribution in [2.75, 3.05) is 6.54 Å². The summed E-state index contributed by atoms with van der Waals surface area (Å²) in [5, 5.41) is 8.48. The molecular formula is C21H17F2N3O2. The number of nitrogens with zero attached hydrogens (tertiary/aromatic N) is 2. The van der Waals surface area contributed by atoms with Gasteiger partial charge in [0.05, 0.1) is 12.3 Å². The van der Waals surface area contributed by atoms with Gasteiger partial charge in [-0.2, -0.15) is 0 Å². The molecule has 0 spiro atoms. The van der Waals surface area contributed by atoms with Gasteiger partial charge in [0, 0.05) is 30.5 Å². The summed E-state index contributed by atoms with van der Waals surface area (Å²) in [5.74, 6) is -1.52. The molecule has 7 heteroatoms. The van der Waals surface area contributed by atoms with Crippen LogP contribution in [0.25, 0.3) is 10.8 Å². The van der Waals surface area contributed by atoms with Gasteiger partial charge in [0.2, 0.25) is 0 Å². The van der Waals surface area contributed by atoms with E-state index in [2.05, 4.69) is 15.5 Å². The highest BCUT2D eigenvalue weighted by Gasteiger charge is 2.23. The number of hydrogen-bond acceptors (Lipinski definition) is 4. The minimum absolute atomic E-state index is 0.214. The van der Waals surface area contributed by atoms with Crippen molar-refractivity contribution in [3.63, 3.8) is 0 Å². The normalized spacial score (nSPS) is 15.9. The highest BCUT2D eigenvalue weighted by atomic mass is 19.1. The number of rotatable bonds is 5. The Bertz CT molecular complexity index is 1060. The number of aromatic nitrogens is 1. The van der Waals surface area contributed by atoms with E-state index in [1.807, 2.05) is 30.3 Å². The van der Waals surface area contributed by atoms with Crippen molar-refractivity contribution in [2.24, 2.45) is 5.16 Å². The third kappa shape index (κ3) is 3.83. The van der Waals surface area contributed by atoms with Crippen molar-refractivity contribution in [1.29, 1.82) is 0 Å². The van der Waals surface area contributed by atoms with E-state index in [0.717, 1.165) is 16.8 Å². The SMILES string of the molecule is O=C(NCC1=NOC(Cc2ccc(F)cc2F)C1)c1nccc2ccccc12. The van der Waals surface area contributed by atoms with Crippen LogP contribution in [0, 0.1) is 11.6 Å². The number of amides is 1. The Morgan fingerprint density at radius 2 is 2.04 bits per heavy atom. The number of hydrogen-bond donors (Lipinski definition) is 1. The van der Waals surface area contributed by atoms with Crippen LogP contribution in [0.3, 0.4) is 0 Å². The zero-order valence-electron chi connectivity index (χ0n) is 14.9. The number of fused-ring (bicyclic) bond motifs is 1. The molecule has 4 rings (SSSR count). The van der Waals surface area contributed by atoms with E-state index in [1.54, 1.807) is 6.20 Å². The number of benzene rings is 2. The topological polar surface area (TPSA) is 63.6 Å². The Hall–Kier alpha value is -3.35. The smallest absolute Gasteiger partial charge is 0.270 e. The van der Waals surface area contributed by atoms with E-state index in [-0.39, 0.29) is 25.0 Å². The van der Waals surface area contributed by atoms with Crippen LogP contribution in [0.4, 0.5) is 8.78 Å². The number of carbonyl (C=O) groups is 1. The first kappa shape index (κ1) is 18.0. The molecule has 1 unspecified atom stereocenters. The molecule has 1 aromatic heterocycles. The molecule has 0 fully saturated rings. The minimum Gasteiger partial charge on any atom is -0.392 e. The molecule has 0 aliphatic carbocycles.